The number of ketones is 1. The minimum atomic E-state index is 0.0154. The number of hydrogen-bond donors (Lipinski definition) is 1. The van der Waals surface area contributed by atoms with E-state index < -0.39 is 0 Å². The van der Waals surface area contributed by atoms with Gasteiger partial charge in [0, 0.05) is 63.3 Å². The molecule has 194 valence electrons. The molecule has 0 unspecified atom stereocenters. The average molecular weight is 516 g/mol. The number of fused-ring (bicyclic) bond motifs is 1. The van der Waals surface area contributed by atoms with Gasteiger partial charge in [-0.1, -0.05) is 36.4 Å². The van der Waals surface area contributed by atoms with Gasteiger partial charge >= 0.3 is 0 Å². The number of anilines is 2. The van der Waals surface area contributed by atoms with E-state index in [1.165, 1.54) is 11.8 Å². The van der Waals surface area contributed by atoms with E-state index in [4.69, 9.17) is 10.7 Å². The molecular weight excluding hydrogens is 486 g/mol. The second-order valence-electron chi connectivity index (χ2n) is 9.82. The lowest BCUT2D eigenvalue weighted by Gasteiger charge is -2.35. The largest absolute Gasteiger partial charge is 0.384 e. The van der Waals surface area contributed by atoms with Gasteiger partial charge in [0.15, 0.2) is 5.78 Å². The van der Waals surface area contributed by atoms with E-state index in [1.807, 2.05) is 55.0 Å². The fraction of sp³-hybridized carbons (Fsp3) is 0.194. The molecule has 1 fully saturated rings. The molecule has 0 spiro atoms. The van der Waals surface area contributed by atoms with E-state index >= 15 is 0 Å². The molecular formula is C31H29N7O. The van der Waals surface area contributed by atoms with Crippen molar-refractivity contribution in [2.24, 2.45) is 0 Å². The number of benzene rings is 2. The lowest BCUT2D eigenvalue weighted by Crippen LogP contribution is -2.46. The summed E-state index contributed by atoms with van der Waals surface area (Å²) in [5.41, 5.74) is 12.3. The van der Waals surface area contributed by atoms with Gasteiger partial charge in [-0.25, -0.2) is 9.97 Å². The minimum absolute atomic E-state index is 0.0154. The number of carbonyl (C=O) groups excluding carboxylic acids is 1. The van der Waals surface area contributed by atoms with Gasteiger partial charge in [0.05, 0.1) is 17.2 Å². The number of nitrogens with two attached hydrogens (primary N) is 1. The maximum Gasteiger partial charge on any atom is 0.168 e. The number of nitrogen functional groups attached to an aromatic ring is 1. The summed E-state index contributed by atoms with van der Waals surface area (Å²) in [7, 11) is 0. The van der Waals surface area contributed by atoms with Gasteiger partial charge in [0.2, 0.25) is 0 Å². The fourth-order valence-corrected chi connectivity index (χ4v) is 4.89. The van der Waals surface area contributed by atoms with E-state index in [0.717, 1.165) is 66.3 Å². The van der Waals surface area contributed by atoms with Crippen LogP contribution < -0.4 is 10.6 Å². The lowest BCUT2D eigenvalue weighted by atomic mass is 10.00. The van der Waals surface area contributed by atoms with Crippen LogP contribution in [0, 0.1) is 0 Å². The molecule has 39 heavy (non-hydrogen) atoms. The smallest absolute Gasteiger partial charge is 0.168 e. The predicted octanol–water partition coefficient (Wildman–Crippen LogP) is 4.42. The van der Waals surface area contributed by atoms with E-state index in [1.54, 1.807) is 12.1 Å². The first kappa shape index (κ1) is 24.6. The summed E-state index contributed by atoms with van der Waals surface area (Å²) >= 11 is 0. The van der Waals surface area contributed by atoms with Gasteiger partial charge < -0.3 is 10.6 Å². The van der Waals surface area contributed by atoms with Crippen molar-refractivity contribution in [3.63, 3.8) is 0 Å². The van der Waals surface area contributed by atoms with Gasteiger partial charge in [-0.15, -0.1) is 0 Å². The number of nitrogens with zero attached hydrogens (tertiary/aromatic N) is 6. The predicted molar refractivity (Wildman–Crippen MR) is 153 cm³/mol. The first-order valence-electron chi connectivity index (χ1n) is 13.1. The number of aromatic nitrogens is 4. The van der Waals surface area contributed by atoms with Gasteiger partial charge in [-0.05, 0) is 52.6 Å². The molecule has 4 heterocycles. The van der Waals surface area contributed by atoms with Crippen molar-refractivity contribution in [2.75, 3.05) is 36.8 Å². The summed E-state index contributed by atoms with van der Waals surface area (Å²) in [6, 6.07) is 21.7. The topological polar surface area (TPSA) is 101 Å². The minimum Gasteiger partial charge on any atom is -0.384 e. The van der Waals surface area contributed by atoms with Crippen molar-refractivity contribution >= 4 is 28.5 Å². The number of pyridine rings is 2. The van der Waals surface area contributed by atoms with Crippen LogP contribution in [0.2, 0.25) is 0 Å². The molecule has 1 aliphatic rings. The van der Waals surface area contributed by atoms with Crippen LogP contribution in [0.5, 0.6) is 0 Å². The molecule has 5 aromatic rings. The number of piperazine rings is 1. The van der Waals surface area contributed by atoms with Gasteiger partial charge in [0.25, 0.3) is 0 Å². The third-order valence-corrected chi connectivity index (χ3v) is 7.12. The highest BCUT2D eigenvalue weighted by molar-refractivity contribution is 5.97. The van der Waals surface area contributed by atoms with E-state index in [9.17, 15) is 4.79 Å². The fourth-order valence-electron chi connectivity index (χ4n) is 4.89. The molecule has 2 N–H and O–H groups in total. The third-order valence-electron chi connectivity index (χ3n) is 7.12. The molecule has 6 rings (SSSR count). The van der Waals surface area contributed by atoms with Crippen LogP contribution in [-0.2, 0) is 13.0 Å². The van der Waals surface area contributed by atoms with Crippen molar-refractivity contribution in [2.45, 2.75) is 13.0 Å². The Labute approximate surface area is 227 Å². The van der Waals surface area contributed by atoms with Crippen molar-refractivity contribution in [3.05, 3.63) is 108 Å². The van der Waals surface area contributed by atoms with Gasteiger partial charge in [-0.3, -0.25) is 19.7 Å². The molecule has 0 radical (unpaired) electrons. The SMILES string of the molecule is Nc1ccc(C(=O)Cc2ccc(-c3ccc4ncc(N5CCN(Cc6cccnc6)CC5)nc4c3)cc2)cn1. The Morgan fingerprint density at radius 2 is 1.62 bits per heavy atom. The molecule has 0 bridgehead atoms. The van der Waals surface area contributed by atoms with E-state index in [-0.39, 0.29) is 5.78 Å². The van der Waals surface area contributed by atoms with Crippen LogP contribution in [0.1, 0.15) is 21.5 Å². The van der Waals surface area contributed by atoms with Gasteiger partial charge in [-0.2, -0.15) is 0 Å². The first-order valence-corrected chi connectivity index (χ1v) is 13.1. The number of rotatable bonds is 7. The van der Waals surface area contributed by atoms with Crippen molar-refractivity contribution < 1.29 is 4.79 Å². The zero-order chi connectivity index (χ0) is 26.6. The molecule has 0 atom stereocenters. The molecule has 0 saturated carbocycles. The molecule has 1 saturated heterocycles. The van der Waals surface area contributed by atoms with E-state index in [0.29, 0.717) is 17.8 Å². The van der Waals surface area contributed by atoms with Crippen molar-refractivity contribution in [3.8, 4) is 11.1 Å². The van der Waals surface area contributed by atoms with Crippen LogP contribution in [0.4, 0.5) is 11.6 Å². The summed E-state index contributed by atoms with van der Waals surface area (Å²) in [5.74, 6) is 1.33. The Kier molecular flexibility index (Phi) is 6.93. The highest BCUT2D eigenvalue weighted by Crippen LogP contribution is 2.25. The normalized spacial score (nSPS) is 14.0. The maximum atomic E-state index is 12.6. The monoisotopic (exact) mass is 515 g/mol. The summed E-state index contributed by atoms with van der Waals surface area (Å²) in [4.78, 5) is 35.2. The summed E-state index contributed by atoms with van der Waals surface area (Å²) < 4.78 is 0. The zero-order valence-electron chi connectivity index (χ0n) is 21.6. The van der Waals surface area contributed by atoms with Gasteiger partial charge in [0.1, 0.15) is 11.6 Å². The molecule has 0 amide bonds. The molecule has 1 aliphatic heterocycles. The molecule has 8 nitrogen and oxygen atoms in total. The zero-order valence-corrected chi connectivity index (χ0v) is 21.6. The Morgan fingerprint density at radius 1 is 0.795 bits per heavy atom. The average Bonchev–Trinajstić information content (AvgIpc) is 2.98. The van der Waals surface area contributed by atoms with Crippen molar-refractivity contribution in [1.82, 2.24) is 24.8 Å². The summed E-state index contributed by atoms with van der Waals surface area (Å²) in [5, 5.41) is 0. The Bertz CT molecular complexity index is 1580. The summed E-state index contributed by atoms with van der Waals surface area (Å²) in [6.07, 6.45) is 7.46. The Hall–Kier alpha value is -4.69. The second kappa shape index (κ2) is 11.0. The number of Topliss-reactive ketones (excluding diaryl/α,β-unsaturated/α-hetero) is 1. The standard InChI is InChI=1S/C31H29N7O/c32-30-10-8-26(19-35-30)29(39)16-22-3-5-24(6-4-22)25-7-9-27-28(17-25)36-31(20-34-27)38-14-12-37(13-15-38)21-23-2-1-11-33-18-23/h1-11,17-20H,12-16,21H2,(H2,32,35). The molecule has 0 aliphatic carbocycles. The molecule has 8 heteroatoms. The van der Waals surface area contributed by atoms with Crippen molar-refractivity contribution in [1.29, 1.82) is 0 Å². The van der Waals surface area contributed by atoms with Crippen LogP contribution in [-0.4, -0.2) is 56.8 Å². The highest BCUT2D eigenvalue weighted by atomic mass is 16.1. The highest BCUT2D eigenvalue weighted by Gasteiger charge is 2.19. The number of carbonyl (C=O) groups is 1. The van der Waals surface area contributed by atoms with E-state index in [2.05, 4.69) is 43.0 Å². The lowest BCUT2D eigenvalue weighted by molar-refractivity contribution is 0.0992. The maximum absolute atomic E-state index is 12.6. The Morgan fingerprint density at radius 3 is 2.36 bits per heavy atom. The second-order valence-corrected chi connectivity index (χ2v) is 9.82. The van der Waals surface area contributed by atoms with Crippen LogP contribution in [0.15, 0.2) is 91.5 Å². The molecule has 2 aromatic carbocycles. The van der Waals surface area contributed by atoms with Crippen LogP contribution in [0.25, 0.3) is 22.2 Å². The van der Waals surface area contributed by atoms with Crippen LogP contribution >= 0.6 is 0 Å². The third kappa shape index (κ3) is 5.76. The summed E-state index contributed by atoms with van der Waals surface area (Å²) in [6.45, 7) is 4.68. The first-order chi connectivity index (χ1) is 19.1. The molecule has 3 aromatic heterocycles. The number of hydrogen-bond acceptors (Lipinski definition) is 8. The Balaban J connectivity index is 1.13. The quantitative estimate of drug-likeness (QED) is 0.318. The van der Waals surface area contributed by atoms with Crippen LogP contribution in [0.3, 0.4) is 0 Å².